The van der Waals surface area contributed by atoms with E-state index in [1.54, 1.807) is 20.8 Å². The molecule has 0 spiro atoms. The van der Waals surface area contributed by atoms with Crippen molar-refractivity contribution >= 4 is 21.6 Å². The van der Waals surface area contributed by atoms with Crippen LogP contribution in [0.25, 0.3) is 0 Å². The van der Waals surface area contributed by atoms with Gasteiger partial charge in [-0.1, -0.05) is 11.6 Å². The standard InChI is InChI=1S/C13H19ClFNO4S/c1-4-20-13(2,3)8-16-21(18,19)11-6-10(14)5-9(7-17)12(11)15/h5-6,16-17H,4,7-8H2,1-3H3. The Morgan fingerprint density at radius 2 is 2.05 bits per heavy atom. The van der Waals surface area contributed by atoms with E-state index in [1.165, 1.54) is 6.07 Å². The first-order valence-corrected chi connectivity index (χ1v) is 8.21. The summed E-state index contributed by atoms with van der Waals surface area (Å²) in [6.45, 7) is 4.98. The molecule has 5 nitrogen and oxygen atoms in total. The second kappa shape index (κ2) is 7.02. The molecule has 2 N–H and O–H groups in total. The second-order valence-electron chi connectivity index (χ2n) is 5.05. The lowest BCUT2D eigenvalue weighted by molar-refractivity contribution is -0.00516. The zero-order chi connectivity index (χ0) is 16.3. The molecule has 0 amide bonds. The predicted octanol–water partition coefficient (Wildman–Crippen LogP) is 2.06. The lowest BCUT2D eigenvalue weighted by atomic mass is 10.1. The van der Waals surface area contributed by atoms with E-state index in [1.807, 2.05) is 0 Å². The number of halogens is 2. The highest BCUT2D eigenvalue weighted by Gasteiger charge is 2.26. The molecule has 1 aromatic carbocycles. The van der Waals surface area contributed by atoms with Gasteiger partial charge in [0.25, 0.3) is 0 Å². The monoisotopic (exact) mass is 339 g/mol. The van der Waals surface area contributed by atoms with Crippen LogP contribution in [0, 0.1) is 5.82 Å². The molecule has 0 radical (unpaired) electrons. The number of hydrogen-bond acceptors (Lipinski definition) is 4. The van der Waals surface area contributed by atoms with E-state index in [9.17, 15) is 12.8 Å². The number of rotatable bonds is 7. The van der Waals surface area contributed by atoms with Crippen LogP contribution >= 0.6 is 11.6 Å². The number of benzene rings is 1. The Hall–Kier alpha value is -0.730. The highest BCUT2D eigenvalue weighted by atomic mass is 35.5. The summed E-state index contributed by atoms with van der Waals surface area (Å²) in [5.41, 5.74) is -0.900. The lowest BCUT2D eigenvalue weighted by Gasteiger charge is -2.25. The Morgan fingerprint density at radius 3 is 2.57 bits per heavy atom. The zero-order valence-corrected chi connectivity index (χ0v) is 13.7. The van der Waals surface area contributed by atoms with Gasteiger partial charge in [-0.15, -0.1) is 0 Å². The largest absolute Gasteiger partial charge is 0.392 e. The Kier molecular flexibility index (Phi) is 6.12. The van der Waals surface area contributed by atoms with E-state index in [0.717, 1.165) is 6.07 Å². The number of aliphatic hydroxyl groups excluding tert-OH is 1. The Bertz CT molecular complexity index is 604. The maximum Gasteiger partial charge on any atom is 0.243 e. The van der Waals surface area contributed by atoms with Gasteiger partial charge in [0.15, 0.2) is 0 Å². The van der Waals surface area contributed by atoms with Crippen molar-refractivity contribution in [1.82, 2.24) is 4.72 Å². The van der Waals surface area contributed by atoms with E-state index in [4.69, 9.17) is 21.4 Å². The Balaban J connectivity index is 3.06. The first-order chi connectivity index (χ1) is 9.63. The number of ether oxygens (including phenoxy) is 1. The smallest absolute Gasteiger partial charge is 0.243 e. The van der Waals surface area contributed by atoms with Crippen LogP contribution < -0.4 is 4.72 Å². The summed E-state index contributed by atoms with van der Waals surface area (Å²) in [4.78, 5) is -0.591. The molecule has 0 unspecified atom stereocenters. The first-order valence-electron chi connectivity index (χ1n) is 6.35. The van der Waals surface area contributed by atoms with Crippen LogP contribution in [0.4, 0.5) is 4.39 Å². The molecule has 0 bridgehead atoms. The summed E-state index contributed by atoms with van der Waals surface area (Å²) in [7, 11) is -4.10. The van der Waals surface area contributed by atoms with Crippen LogP contribution in [-0.4, -0.2) is 32.3 Å². The maximum absolute atomic E-state index is 14.0. The Labute approximate surface area is 129 Å². The summed E-state index contributed by atoms with van der Waals surface area (Å²) in [5, 5.41) is 9.06. The average Bonchev–Trinajstić information content (AvgIpc) is 2.39. The van der Waals surface area contributed by atoms with Crippen molar-refractivity contribution in [2.24, 2.45) is 0 Å². The van der Waals surface area contributed by atoms with E-state index in [0.29, 0.717) is 6.61 Å². The molecule has 0 heterocycles. The van der Waals surface area contributed by atoms with Crippen LogP contribution in [0.3, 0.4) is 0 Å². The van der Waals surface area contributed by atoms with Crippen molar-refractivity contribution < 1.29 is 22.7 Å². The van der Waals surface area contributed by atoms with Crippen LogP contribution in [0.1, 0.15) is 26.3 Å². The number of aliphatic hydroxyl groups is 1. The second-order valence-corrected chi connectivity index (χ2v) is 7.22. The van der Waals surface area contributed by atoms with Crippen molar-refractivity contribution in [3.05, 3.63) is 28.5 Å². The topological polar surface area (TPSA) is 75.6 Å². The van der Waals surface area contributed by atoms with Gasteiger partial charge in [-0.25, -0.2) is 17.5 Å². The van der Waals surface area contributed by atoms with Gasteiger partial charge in [0.05, 0.1) is 12.2 Å². The Morgan fingerprint density at radius 1 is 1.43 bits per heavy atom. The molecule has 0 saturated heterocycles. The fourth-order valence-electron chi connectivity index (χ4n) is 1.72. The minimum atomic E-state index is -4.10. The van der Waals surface area contributed by atoms with Gasteiger partial charge in [0.2, 0.25) is 10.0 Å². The third kappa shape index (κ3) is 4.89. The molecule has 1 rings (SSSR count). The molecule has 21 heavy (non-hydrogen) atoms. The van der Waals surface area contributed by atoms with E-state index >= 15 is 0 Å². The number of sulfonamides is 1. The third-order valence-electron chi connectivity index (χ3n) is 2.76. The van der Waals surface area contributed by atoms with Gasteiger partial charge in [0, 0.05) is 23.7 Å². The molecule has 0 aromatic heterocycles. The molecule has 120 valence electrons. The highest BCUT2D eigenvalue weighted by molar-refractivity contribution is 7.89. The van der Waals surface area contributed by atoms with Crippen molar-refractivity contribution in [2.45, 2.75) is 37.9 Å². The molecular formula is C13H19ClFNO4S. The average molecular weight is 340 g/mol. The maximum atomic E-state index is 14.0. The van der Waals surface area contributed by atoms with Gasteiger partial charge in [-0.3, -0.25) is 0 Å². The minimum absolute atomic E-state index is 0.0242. The van der Waals surface area contributed by atoms with E-state index < -0.39 is 32.9 Å². The summed E-state index contributed by atoms with van der Waals surface area (Å²) >= 11 is 5.75. The van der Waals surface area contributed by atoms with Gasteiger partial charge in [0.1, 0.15) is 10.7 Å². The molecule has 0 fully saturated rings. The summed E-state index contributed by atoms with van der Waals surface area (Å²) in [6, 6.07) is 2.19. The van der Waals surface area contributed by atoms with Crippen LogP contribution in [-0.2, 0) is 21.4 Å². The fraction of sp³-hybridized carbons (Fsp3) is 0.538. The van der Waals surface area contributed by atoms with E-state index in [2.05, 4.69) is 4.72 Å². The molecule has 0 atom stereocenters. The molecule has 0 aliphatic rings. The predicted molar refractivity (Wildman–Crippen MR) is 78.2 cm³/mol. The van der Waals surface area contributed by atoms with Gasteiger partial charge in [-0.05, 0) is 32.9 Å². The quantitative estimate of drug-likeness (QED) is 0.797. The van der Waals surface area contributed by atoms with E-state index in [-0.39, 0.29) is 17.1 Å². The normalized spacial score (nSPS) is 12.7. The summed E-state index contributed by atoms with van der Waals surface area (Å²) in [5.74, 6) is -1.01. The van der Waals surface area contributed by atoms with Crippen LogP contribution in [0.15, 0.2) is 17.0 Å². The summed E-state index contributed by atoms with van der Waals surface area (Å²) in [6.07, 6.45) is 0. The SMILES string of the molecule is CCOC(C)(C)CNS(=O)(=O)c1cc(Cl)cc(CO)c1F. The van der Waals surface area contributed by atoms with Crippen LogP contribution in [0.5, 0.6) is 0 Å². The van der Waals surface area contributed by atoms with Crippen molar-refractivity contribution in [2.75, 3.05) is 13.2 Å². The fourth-order valence-corrected chi connectivity index (χ4v) is 3.37. The molecular weight excluding hydrogens is 321 g/mol. The summed E-state index contributed by atoms with van der Waals surface area (Å²) < 4.78 is 46.1. The van der Waals surface area contributed by atoms with Crippen molar-refractivity contribution in [3.8, 4) is 0 Å². The van der Waals surface area contributed by atoms with Gasteiger partial charge in [-0.2, -0.15) is 0 Å². The van der Waals surface area contributed by atoms with Crippen molar-refractivity contribution in [1.29, 1.82) is 0 Å². The molecule has 1 aromatic rings. The highest BCUT2D eigenvalue weighted by Crippen LogP contribution is 2.24. The third-order valence-corrected chi connectivity index (χ3v) is 4.38. The molecule has 0 saturated carbocycles. The molecule has 0 aliphatic carbocycles. The van der Waals surface area contributed by atoms with Gasteiger partial charge < -0.3 is 9.84 Å². The first kappa shape index (κ1) is 18.3. The minimum Gasteiger partial charge on any atom is -0.392 e. The van der Waals surface area contributed by atoms with Crippen molar-refractivity contribution in [3.63, 3.8) is 0 Å². The molecule has 8 heteroatoms. The lowest BCUT2D eigenvalue weighted by Crippen LogP contribution is -2.40. The number of hydrogen-bond donors (Lipinski definition) is 2. The zero-order valence-electron chi connectivity index (χ0n) is 12.1. The van der Waals surface area contributed by atoms with Crippen LogP contribution in [0.2, 0.25) is 5.02 Å². The number of nitrogens with one attached hydrogen (secondary N) is 1. The molecule has 0 aliphatic heterocycles. The van der Waals surface area contributed by atoms with Gasteiger partial charge >= 0.3 is 0 Å².